The van der Waals surface area contributed by atoms with Crippen molar-refractivity contribution in [1.29, 1.82) is 0 Å². The van der Waals surface area contributed by atoms with Gasteiger partial charge < -0.3 is 9.84 Å². The number of hydrogen-bond donors (Lipinski definition) is 2. The van der Waals surface area contributed by atoms with Crippen LogP contribution in [0.5, 0.6) is 0 Å². The average Bonchev–Trinajstić information content (AvgIpc) is 2.97. The standard InChI is InChI=1S/C9H8N6O2/c16-9-13-12-8-3-7(11-5-15(8)9)10-4-6-1-2-17-14-6/h1-3,5,10H,4H2,(H,13,16). The van der Waals surface area contributed by atoms with Crippen molar-refractivity contribution in [3.63, 3.8) is 0 Å². The van der Waals surface area contributed by atoms with Gasteiger partial charge in [-0.15, -0.1) is 0 Å². The van der Waals surface area contributed by atoms with Crippen LogP contribution in [0.15, 0.2) is 34.0 Å². The lowest BCUT2D eigenvalue weighted by Crippen LogP contribution is -2.10. The number of aromatic nitrogens is 5. The molecule has 0 atom stereocenters. The van der Waals surface area contributed by atoms with Crippen molar-refractivity contribution in [1.82, 2.24) is 24.7 Å². The van der Waals surface area contributed by atoms with Gasteiger partial charge in [0.05, 0.1) is 6.54 Å². The smallest absolute Gasteiger partial charge is 0.348 e. The zero-order chi connectivity index (χ0) is 11.7. The summed E-state index contributed by atoms with van der Waals surface area (Å²) in [6.07, 6.45) is 2.91. The molecule has 0 aliphatic rings. The number of aromatic amines is 1. The van der Waals surface area contributed by atoms with E-state index in [-0.39, 0.29) is 5.69 Å². The fourth-order valence-electron chi connectivity index (χ4n) is 1.42. The number of anilines is 1. The molecule has 0 aliphatic carbocycles. The Hall–Kier alpha value is -2.64. The first-order chi connectivity index (χ1) is 8.33. The van der Waals surface area contributed by atoms with Gasteiger partial charge in [0, 0.05) is 12.1 Å². The van der Waals surface area contributed by atoms with E-state index in [0.29, 0.717) is 18.0 Å². The highest BCUT2D eigenvalue weighted by Crippen LogP contribution is 2.06. The summed E-state index contributed by atoms with van der Waals surface area (Å²) >= 11 is 0. The van der Waals surface area contributed by atoms with Crippen LogP contribution in [0.25, 0.3) is 5.65 Å². The van der Waals surface area contributed by atoms with Crippen LogP contribution in [0.4, 0.5) is 5.82 Å². The van der Waals surface area contributed by atoms with Crippen LogP contribution in [-0.2, 0) is 6.54 Å². The van der Waals surface area contributed by atoms with E-state index in [1.807, 2.05) is 0 Å². The number of nitrogens with one attached hydrogen (secondary N) is 2. The molecule has 3 aromatic rings. The normalized spacial score (nSPS) is 10.8. The Morgan fingerprint density at radius 1 is 1.53 bits per heavy atom. The maximum Gasteiger partial charge on any atom is 0.348 e. The van der Waals surface area contributed by atoms with Gasteiger partial charge in [-0.05, 0) is 0 Å². The molecule has 2 N–H and O–H groups in total. The third kappa shape index (κ3) is 1.75. The minimum absolute atomic E-state index is 0.310. The summed E-state index contributed by atoms with van der Waals surface area (Å²) in [7, 11) is 0. The molecular formula is C9H8N6O2. The molecule has 0 aliphatic heterocycles. The highest BCUT2D eigenvalue weighted by atomic mass is 16.5. The highest BCUT2D eigenvalue weighted by Gasteiger charge is 2.02. The molecule has 0 saturated carbocycles. The Labute approximate surface area is 94.3 Å². The second-order valence-corrected chi connectivity index (χ2v) is 3.38. The van der Waals surface area contributed by atoms with E-state index in [1.165, 1.54) is 17.0 Å². The van der Waals surface area contributed by atoms with Gasteiger partial charge in [-0.3, -0.25) is 0 Å². The monoisotopic (exact) mass is 232 g/mol. The minimum atomic E-state index is -0.310. The van der Waals surface area contributed by atoms with Gasteiger partial charge in [0.1, 0.15) is 24.1 Å². The Bertz CT molecular complexity index is 683. The predicted molar refractivity (Wildman–Crippen MR) is 57.4 cm³/mol. The molecule has 0 saturated heterocycles. The van der Waals surface area contributed by atoms with E-state index in [1.54, 1.807) is 12.1 Å². The molecule has 3 heterocycles. The third-order valence-corrected chi connectivity index (χ3v) is 2.25. The quantitative estimate of drug-likeness (QED) is 0.660. The molecule has 8 nitrogen and oxygen atoms in total. The van der Waals surface area contributed by atoms with Crippen LogP contribution in [0.1, 0.15) is 5.69 Å². The van der Waals surface area contributed by atoms with Crippen molar-refractivity contribution in [2.75, 3.05) is 5.32 Å². The van der Waals surface area contributed by atoms with Crippen LogP contribution in [0.3, 0.4) is 0 Å². The lowest BCUT2D eigenvalue weighted by molar-refractivity contribution is 0.412. The van der Waals surface area contributed by atoms with Crippen LogP contribution >= 0.6 is 0 Å². The second kappa shape index (κ2) is 3.74. The summed E-state index contributed by atoms with van der Waals surface area (Å²) in [6.45, 7) is 0.494. The molecule has 0 aromatic carbocycles. The molecule has 0 bridgehead atoms. The van der Waals surface area contributed by atoms with Crippen LogP contribution in [0.2, 0.25) is 0 Å². The molecule has 8 heteroatoms. The summed E-state index contributed by atoms with van der Waals surface area (Å²) in [5.41, 5.74) is 0.967. The second-order valence-electron chi connectivity index (χ2n) is 3.38. The molecule has 0 amide bonds. The largest absolute Gasteiger partial charge is 0.364 e. The van der Waals surface area contributed by atoms with Crippen molar-refractivity contribution in [2.24, 2.45) is 0 Å². The molecule has 0 spiro atoms. The van der Waals surface area contributed by atoms with E-state index in [9.17, 15) is 4.79 Å². The number of hydrogen-bond acceptors (Lipinski definition) is 6. The maximum absolute atomic E-state index is 11.2. The molecular weight excluding hydrogens is 224 g/mol. The Morgan fingerprint density at radius 3 is 3.29 bits per heavy atom. The zero-order valence-electron chi connectivity index (χ0n) is 8.62. The van der Waals surface area contributed by atoms with Crippen LogP contribution in [-0.4, -0.2) is 24.7 Å². The van der Waals surface area contributed by atoms with Gasteiger partial charge in [0.25, 0.3) is 0 Å². The van der Waals surface area contributed by atoms with Gasteiger partial charge in [0.15, 0.2) is 5.65 Å². The molecule has 0 unspecified atom stereocenters. The summed E-state index contributed by atoms with van der Waals surface area (Å²) in [4.78, 5) is 15.3. The minimum Gasteiger partial charge on any atom is -0.364 e. The summed E-state index contributed by atoms with van der Waals surface area (Å²) < 4.78 is 6.02. The topological polar surface area (TPSA) is 101 Å². The maximum atomic E-state index is 11.2. The number of fused-ring (bicyclic) bond motifs is 1. The summed E-state index contributed by atoms with van der Waals surface area (Å²) in [6, 6.07) is 3.42. The average molecular weight is 232 g/mol. The first kappa shape index (κ1) is 9.58. The lowest BCUT2D eigenvalue weighted by atomic mass is 10.4. The van der Waals surface area contributed by atoms with E-state index in [0.717, 1.165) is 5.69 Å². The predicted octanol–water partition coefficient (Wildman–Crippen LogP) is 0.0177. The zero-order valence-corrected chi connectivity index (χ0v) is 8.62. The Kier molecular flexibility index (Phi) is 2.11. The van der Waals surface area contributed by atoms with E-state index < -0.39 is 0 Å². The Morgan fingerprint density at radius 2 is 2.47 bits per heavy atom. The van der Waals surface area contributed by atoms with Crippen molar-refractivity contribution in [3.8, 4) is 0 Å². The van der Waals surface area contributed by atoms with Gasteiger partial charge >= 0.3 is 5.69 Å². The molecule has 86 valence electrons. The SMILES string of the molecule is O=c1[nH]nc2cc(NCc3ccon3)ncn12. The number of nitrogens with zero attached hydrogens (tertiary/aromatic N) is 4. The fraction of sp³-hybridized carbons (Fsp3) is 0.111. The molecule has 0 fully saturated rings. The number of H-pyrrole nitrogens is 1. The van der Waals surface area contributed by atoms with Gasteiger partial charge in [-0.25, -0.2) is 19.3 Å². The number of rotatable bonds is 3. The summed E-state index contributed by atoms with van der Waals surface area (Å²) in [5, 5.41) is 13.0. The summed E-state index contributed by atoms with van der Waals surface area (Å²) in [5.74, 6) is 0.611. The lowest BCUT2D eigenvalue weighted by Gasteiger charge is -2.02. The Balaban J connectivity index is 1.83. The first-order valence-electron chi connectivity index (χ1n) is 4.89. The van der Waals surface area contributed by atoms with Crippen molar-refractivity contribution >= 4 is 11.5 Å². The van der Waals surface area contributed by atoms with E-state index in [2.05, 4.69) is 25.7 Å². The highest BCUT2D eigenvalue weighted by molar-refractivity contribution is 5.48. The fourth-order valence-corrected chi connectivity index (χ4v) is 1.42. The van der Waals surface area contributed by atoms with Gasteiger partial charge in [0.2, 0.25) is 0 Å². The van der Waals surface area contributed by atoms with Crippen molar-refractivity contribution in [3.05, 3.63) is 40.9 Å². The van der Waals surface area contributed by atoms with Crippen molar-refractivity contribution in [2.45, 2.75) is 6.54 Å². The molecule has 0 radical (unpaired) electrons. The van der Waals surface area contributed by atoms with Gasteiger partial charge in [-0.1, -0.05) is 5.16 Å². The van der Waals surface area contributed by atoms with Crippen LogP contribution < -0.4 is 11.0 Å². The molecule has 3 rings (SSSR count). The van der Waals surface area contributed by atoms with Crippen LogP contribution in [0, 0.1) is 0 Å². The van der Waals surface area contributed by atoms with E-state index >= 15 is 0 Å². The van der Waals surface area contributed by atoms with Gasteiger partial charge in [-0.2, -0.15) is 5.10 Å². The van der Waals surface area contributed by atoms with E-state index in [4.69, 9.17) is 4.52 Å². The molecule has 17 heavy (non-hydrogen) atoms. The third-order valence-electron chi connectivity index (χ3n) is 2.25. The van der Waals surface area contributed by atoms with Crippen molar-refractivity contribution < 1.29 is 4.52 Å². The first-order valence-corrected chi connectivity index (χ1v) is 4.89. The molecule has 3 aromatic heterocycles.